The zero-order valence-corrected chi connectivity index (χ0v) is 43.8. The van der Waals surface area contributed by atoms with Gasteiger partial charge in [0.05, 0.1) is 32.0 Å². The van der Waals surface area contributed by atoms with Gasteiger partial charge in [-0.05, 0) is 57.8 Å². The first kappa shape index (κ1) is 64.2. The Labute approximate surface area is 416 Å². The van der Waals surface area contributed by atoms with E-state index in [1.807, 2.05) is 6.08 Å². The third-order valence-electron chi connectivity index (χ3n) is 13.6. The van der Waals surface area contributed by atoms with Crippen molar-refractivity contribution in [1.82, 2.24) is 5.32 Å². The van der Waals surface area contributed by atoms with Crippen LogP contribution in [0.4, 0.5) is 0 Å². The van der Waals surface area contributed by atoms with Crippen molar-refractivity contribution in [2.45, 2.75) is 307 Å². The van der Waals surface area contributed by atoms with E-state index in [-0.39, 0.29) is 18.5 Å². The van der Waals surface area contributed by atoms with Crippen molar-refractivity contribution in [3.05, 3.63) is 24.3 Å². The Bertz CT molecular complexity index is 1180. The van der Waals surface area contributed by atoms with Crippen LogP contribution in [0.2, 0.25) is 0 Å². The number of aliphatic hydroxyl groups excluding tert-OH is 5. The van der Waals surface area contributed by atoms with E-state index < -0.39 is 49.5 Å². The number of carbonyl (C=O) groups excluding carboxylic acids is 2. The standard InChI is InChI=1S/C57H107NO10/c1-3-5-7-9-11-13-23-27-31-35-39-43-50(60)49(48-67-57-56(65)55(64)54(63)51(47-59)68-57)58-52(61)44-40-36-32-28-25-21-19-17-15-16-18-20-22-26-30-34-38-42-46-66-53(62)45-41-37-33-29-24-14-12-10-8-6-4-2/h17,19,39,43,49-51,54-57,59-60,63-65H,3-16,18,20-38,40-42,44-48H2,1-2H3,(H,58,61)/b19-17-,43-39+. The van der Waals surface area contributed by atoms with Gasteiger partial charge in [0.1, 0.15) is 24.4 Å². The van der Waals surface area contributed by atoms with E-state index in [1.54, 1.807) is 6.08 Å². The van der Waals surface area contributed by atoms with Gasteiger partial charge in [0.15, 0.2) is 6.29 Å². The molecule has 1 saturated heterocycles. The minimum atomic E-state index is -1.57. The molecule has 0 bridgehead atoms. The molecule has 1 aliphatic heterocycles. The highest BCUT2D eigenvalue weighted by Gasteiger charge is 2.44. The molecule has 0 saturated carbocycles. The maximum Gasteiger partial charge on any atom is 0.305 e. The third kappa shape index (κ3) is 37.0. The summed E-state index contributed by atoms with van der Waals surface area (Å²) in [6, 6.07) is -0.818. The Kier molecular flexibility index (Phi) is 44.8. The predicted molar refractivity (Wildman–Crippen MR) is 278 cm³/mol. The SMILES string of the molecule is CCCCCCCCCCC/C=C/C(O)C(COC1OC(CO)C(O)C(O)C1O)NC(=O)CCCCCCC/C=C\CCCCCCCCCCCOC(=O)CCCCCCCCCCCCC. The van der Waals surface area contributed by atoms with Gasteiger partial charge in [0.2, 0.25) is 5.91 Å². The zero-order valence-electron chi connectivity index (χ0n) is 43.8. The van der Waals surface area contributed by atoms with Crippen LogP contribution in [0.3, 0.4) is 0 Å². The van der Waals surface area contributed by atoms with Gasteiger partial charge in [-0.25, -0.2) is 0 Å². The zero-order chi connectivity index (χ0) is 49.6. The molecule has 1 fully saturated rings. The number of aliphatic hydroxyl groups is 5. The number of amides is 1. The number of ether oxygens (including phenoxy) is 3. The number of allylic oxidation sites excluding steroid dienone is 3. The minimum Gasteiger partial charge on any atom is -0.466 e. The third-order valence-corrected chi connectivity index (χ3v) is 13.6. The van der Waals surface area contributed by atoms with E-state index in [2.05, 4.69) is 31.3 Å². The number of carbonyl (C=O) groups is 2. The van der Waals surface area contributed by atoms with Crippen molar-refractivity contribution in [3.8, 4) is 0 Å². The summed E-state index contributed by atoms with van der Waals surface area (Å²) in [7, 11) is 0. The van der Waals surface area contributed by atoms with Crippen LogP contribution in [-0.4, -0.2) is 100 Å². The number of rotatable bonds is 49. The topological polar surface area (TPSA) is 175 Å². The van der Waals surface area contributed by atoms with Crippen molar-refractivity contribution in [2.24, 2.45) is 0 Å². The lowest BCUT2D eigenvalue weighted by Gasteiger charge is -2.40. The van der Waals surface area contributed by atoms with E-state index in [9.17, 15) is 35.1 Å². The summed E-state index contributed by atoms with van der Waals surface area (Å²) in [6.07, 6.45) is 45.5. The number of hydrogen-bond donors (Lipinski definition) is 6. The van der Waals surface area contributed by atoms with Crippen LogP contribution >= 0.6 is 0 Å². The van der Waals surface area contributed by atoms with Gasteiger partial charge in [0, 0.05) is 12.8 Å². The van der Waals surface area contributed by atoms with Crippen molar-refractivity contribution in [1.29, 1.82) is 0 Å². The molecule has 1 heterocycles. The fraction of sp³-hybridized carbons (Fsp3) is 0.895. The highest BCUT2D eigenvalue weighted by molar-refractivity contribution is 5.76. The lowest BCUT2D eigenvalue weighted by atomic mass is 9.99. The summed E-state index contributed by atoms with van der Waals surface area (Å²) in [5.74, 6) is -0.210. The van der Waals surface area contributed by atoms with Gasteiger partial charge in [0.25, 0.3) is 0 Å². The Morgan fingerprint density at radius 3 is 1.41 bits per heavy atom. The van der Waals surface area contributed by atoms with Crippen LogP contribution in [0.1, 0.15) is 264 Å². The van der Waals surface area contributed by atoms with E-state index in [4.69, 9.17) is 14.2 Å². The molecular formula is C57H107NO10. The molecule has 0 aromatic rings. The van der Waals surface area contributed by atoms with Crippen molar-refractivity contribution < 1.29 is 49.3 Å². The largest absolute Gasteiger partial charge is 0.466 e. The van der Waals surface area contributed by atoms with Gasteiger partial charge >= 0.3 is 5.97 Å². The molecule has 1 aliphatic rings. The second-order valence-corrected chi connectivity index (χ2v) is 20.0. The molecule has 0 aliphatic carbocycles. The maximum absolute atomic E-state index is 13.0. The average Bonchev–Trinajstić information content (AvgIpc) is 3.33. The maximum atomic E-state index is 13.0. The molecular weight excluding hydrogens is 859 g/mol. The Balaban J connectivity index is 2.11. The summed E-state index contributed by atoms with van der Waals surface area (Å²) in [6.45, 7) is 4.30. The molecule has 7 atom stereocenters. The molecule has 0 aromatic carbocycles. The Morgan fingerprint density at radius 1 is 0.529 bits per heavy atom. The number of hydrogen-bond acceptors (Lipinski definition) is 10. The molecule has 1 amide bonds. The van der Waals surface area contributed by atoms with Gasteiger partial charge in [-0.1, -0.05) is 218 Å². The van der Waals surface area contributed by atoms with Gasteiger partial charge in [-0.15, -0.1) is 0 Å². The molecule has 0 radical (unpaired) electrons. The van der Waals surface area contributed by atoms with Crippen molar-refractivity contribution in [2.75, 3.05) is 19.8 Å². The van der Waals surface area contributed by atoms with E-state index in [0.29, 0.717) is 19.4 Å². The smallest absolute Gasteiger partial charge is 0.305 e. The van der Waals surface area contributed by atoms with E-state index >= 15 is 0 Å². The number of esters is 1. The van der Waals surface area contributed by atoms with E-state index in [1.165, 1.54) is 148 Å². The quantitative estimate of drug-likeness (QED) is 0.0196. The number of nitrogens with one attached hydrogen (secondary N) is 1. The highest BCUT2D eigenvalue weighted by atomic mass is 16.7. The van der Waals surface area contributed by atoms with Crippen LogP contribution in [0.15, 0.2) is 24.3 Å². The second kappa shape index (κ2) is 47.5. The van der Waals surface area contributed by atoms with E-state index in [0.717, 1.165) is 89.9 Å². The monoisotopic (exact) mass is 966 g/mol. The first-order valence-corrected chi connectivity index (χ1v) is 28.6. The molecule has 11 nitrogen and oxygen atoms in total. The second-order valence-electron chi connectivity index (χ2n) is 20.0. The fourth-order valence-electron chi connectivity index (χ4n) is 8.96. The molecule has 400 valence electrons. The van der Waals surface area contributed by atoms with Gasteiger partial charge in [-0.2, -0.15) is 0 Å². The molecule has 1 rings (SSSR count). The Hall–Kier alpha value is -1.86. The summed E-state index contributed by atoms with van der Waals surface area (Å²) < 4.78 is 16.7. The van der Waals surface area contributed by atoms with Crippen LogP contribution in [0, 0.1) is 0 Å². The summed E-state index contributed by atoms with van der Waals surface area (Å²) in [5.41, 5.74) is 0. The summed E-state index contributed by atoms with van der Waals surface area (Å²) in [4.78, 5) is 25.0. The molecule has 7 unspecified atom stereocenters. The van der Waals surface area contributed by atoms with Crippen LogP contribution < -0.4 is 5.32 Å². The van der Waals surface area contributed by atoms with Crippen molar-refractivity contribution in [3.63, 3.8) is 0 Å². The van der Waals surface area contributed by atoms with Crippen LogP contribution in [0.5, 0.6) is 0 Å². The lowest BCUT2D eigenvalue weighted by molar-refractivity contribution is -0.302. The average molecular weight is 966 g/mol. The van der Waals surface area contributed by atoms with Crippen LogP contribution in [0.25, 0.3) is 0 Å². The van der Waals surface area contributed by atoms with Gasteiger partial charge in [-0.3, -0.25) is 9.59 Å². The molecule has 0 spiro atoms. The van der Waals surface area contributed by atoms with Crippen LogP contribution in [-0.2, 0) is 23.8 Å². The lowest BCUT2D eigenvalue weighted by Crippen LogP contribution is -2.60. The molecule has 0 aromatic heterocycles. The normalized spacial score (nSPS) is 19.5. The minimum absolute atomic E-state index is 0.0133. The summed E-state index contributed by atoms with van der Waals surface area (Å²) in [5, 5.41) is 54.2. The first-order chi connectivity index (χ1) is 33.2. The molecule has 68 heavy (non-hydrogen) atoms. The number of unbranched alkanes of at least 4 members (excludes halogenated alkanes) is 33. The molecule has 6 N–H and O–H groups in total. The fourth-order valence-corrected chi connectivity index (χ4v) is 8.96. The van der Waals surface area contributed by atoms with Gasteiger partial charge < -0.3 is 45.1 Å². The summed E-state index contributed by atoms with van der Waals surface area (Å²) >= 11 is 0. The highest BCUT2D eigenvalue weighted by Crippen LogP contribution is 2.23. The predicted octanol–water partition coefficient (Wildman–Crippen LogP) is 12.6. The Morgan fingerprint density at radius 2 is 0.941 bits per heavy atom. The first-order valence-electron chi connectivity index (χ1n) is 28.6. The molecule has 11 heteroatoms. The van der Waals surface area contributed by atoms with Crippen molar-refractivity contribution >= 4 is 11.9 Å².